The fourth-order valence-corrected chi connectivity index (χ4v) is 4.14. The Kier molecular flexibility index (Phi) is 8.43. The highest BCUT2D eigenvalue weighted by molar-refractivity contribution is 7.89. The zero-order valence-corrected chi connectivity index (χ0v) is 19.2. The highest BCUT2D eigenvalue weighted by Gasteiger charge is 2.30. The molecule has 168 valence electrons. The third kappa shape index (κ3) is 6.68. The second-order valence-electron chi connectivity index (χ2n) is 7.11. The molecule has 0 radical (unpaired) electrons. The molecule has 2 aromatic rings. The summed E-state index contributed by atoms with van der Waals surface area (Å²) in [4.78, 5) is 24.8. The molecule has 0 unspecified atom stereocenters. The van der Waals surface area contributed by atoms with Crippen molar-refractivity contribution >= 4 is 39.2 Å². The zero-order valence-electron chi connectivity index (χ0n) is 17.6. The number of hydrogen-bond acceptors (Lipinski definition) is 6. The van der Waals surface area contributed by atoms with Gasteiger partial charge >= 0.3 is 5.97 Å². The van der Waals surface area contributed by atoms with Crippen molar-refractivity contribution in [1.29, 1.82) is 0 Å². The highest BCUT2D eigenvalue weighted by atomic mass is 35.5. The van der Waals surface area contributed by atoms with E-state index in [0.29, 0.717) is 16.5 Å². The number of halogens is 1. The Labute approximate surface area is 186 Å². The minimum absolute atomic E-state index is 0.0244. The van der Waals surface area contributed by atoms with E-state index < -0.39 is 40.5 Å². The number of rotatable bonds is 9. The number of carbonyl (C=O) groups excluding carboxylic acids is 2. The number of amides is 1. The predicted octanol–water partition coefficient (Wildman–Crippen LogP) is 3.14. The maximum Gasteiger partial charge on any atom is 0.324 e. The summed E-state index contributed by atoms with van der Waals surface area (Å²) >= 11 is 6.05. The van der Waals surface area contributed by atoms with Gasteiger partial charge in [-0.25, -0.2) is 8.42 Å². The van der Waals surface area contributed by atoms with E-state index in [9.17, 15) is 18.0 Å². The van der Waals surface area contributed by atoms with E-state index in [0.717, 1.165) is 5.56 Å². The molecule has 31 heavy (non-hydrogen) atoms. The summed E-state index contributed by atoms with van der Waals surface area (Å²) in [6, 6.07) is 9.70. The van der Waals surface area contributed by atoms with Crippen molar-refractivity contribution in [2.45, 2.75) is 31.7 Å². The Bertz CT molecular complexity index is 1040. The first kappa shape index (κ1) is 24.6. The third-order valence-corrected chi connectivity index (χ3v) is 6.22. The number of carbonyl (C=O) groups is 2. The Morgan fingerprint density at radius 1 is 1.13 bits per heavy atom. The number of benzene rings is 2. The van der Waals surface area contributed by atoms with Crippen molar-refractivity contribution in [3.8, 4) is 5.75 Å². The molecule has 2 aromatic carbocycles. The van der Waals surface area contributed by atoms with Gasteiger partial charge in [0, 0.05) is 11.1 Å². The molecule has 0 spiro atoms. The van der Waals surface area contributed by atoms with Crippen molar-refractivity contribution in [1.82, 2.24) is 4.72 Å². The van der Waals surface area contributed by atoms with Crippen LogP contribution >= 0.6 is 11.6 Å². The van der Waals surface area contributed by atoms with Gasteiger partial charge in [-0.3, -0.25) is 9.59 Å². The fraction of sp³-hybridized carbons (Fsp3) is 0.333. The number of hydrogen-bond donors (Lipinski definition) is 2. The third-order valence-electron chi connectivity index (χ3n) is 4.36. The number of ether oxygens (including phenoxy) is 2. The Balaban J connectivity index is 2.04. The molecule has 0 saturated carbocycles. The first-order chi connectivity index (χ1) is 14.5. The lowest BCUT2D eigenvalue weighted by Crippen LogP contribution is -2.45. The molecule has 1 atom stereocenters. The first-order valence-electron chi connectivity index (χ1n) is 9.43. The Morgan fingerprint density at radius 2 is 1.77 bits per heavy atom. The lowest BCUT2D eigenvalue weighted by molar-refractivity contribution is -0.150. The minimum Gasteiger partial charge on any atom is -0.495 e. The molecule has 0 fully saturated rings. The second kappa shape index (κ2) is 10.6. The van der Waals surface area contributed by atoms with Gasteiger partial charge in [0.15, 0.2) is 6.61 Å². The predicted molar refractivity (Wildman–Crippen MR) is 118 cm³/mol. The Morgan fingerprint density at radius 3 is 2.35 bits per heavy atom. The van der Waals surface area contributed by atoms with Crippen molar-refractivity contribution in [2.24, 2.45) is 5.92 Å². The summed E-state index contributed by atoms with van der Waals surface area (Å²) in [6.45, 7) is 4.51. The summed E-state index contributed by atoms with van der Waals surface area (Å²) in [7, 11) is -2.50. The van der Waals surface area contributed by atoms with Crippen LogP contribution in [0, 0.1) is 12.8 Å². The maximum atomic E-state index is 12.5. The van der Waals surface area contributed by atoms with E-state index in [1.807, 2.05) is 0 Å². The van der Waals surface area contributed by atoms with Crippen molar-refractivity contribution in [3.05, 3.63) is 53.1 Å². The molecule has 8 nitrogen and oxygen atoms in total. The van der Waals surface area contributed by atoms with Gasteiger partial charge in [0.05, 0.1) is 17.7 Å². The molecule has 0 aromatic heterocycles. The molecule has 0 aliphatic carbocycles. The topological polar surface area (TPSA) is 111 Å². The van der Waals surface area contributed by atoms with E-state index in [4.69, 9.17) is 21.1 Å². The number of sulfonamides is 1. The van der Waals surface area contributed by atoms with Crippen LogP contribution in [0.2, 0.25) is 5.02 Å². The van der Waals surface area contributed by atoms with E-state index in [-0.39, 0.29) is 4.90 Å². The lowest BCUT2D eigenvalue weighted by atomic mass is 10.1. The fourth-order valence-electron chi connectivity index (χ4n) is 2.63. The summed E-state index contributed by atoms with van der Waals surface area (Å²) in [5, 5.41) is 3.07. The van der Waals surface area contributed by atoms with Crippen LogP contribution in [-0.4, -0.2) is 40.1 Å². The van der Waals surface area contributed by atoms with E-state index in [1.54, 1.807) is 51.1 Å². The average molecular weight is 469 g/mol. The summed E-state index contributed by atoms with van der Waals surface area (Å²) < 4.78 is 37.7. The quantitative estimate of drug-likeness (QED) is 0.547. The summed E-state index contributed by atoms with van der Waals surface area (Å²) in [5.41, 5.74) is 1.10. The van der Waals surface area contributed by atoms with Gasteiger partial charge in [-0.05, 0) is 36.6 Å². The van der Waals surface area contributed by atoms with Crippen LogP contribution in [0.3, 0.4) is 0 Å². The molecular formula is C21H25ClN2O6S. The molecule has 0 aliphatic heterocycles. The lowest BCUT2D eigenvalue weighted by Gasteiger charge is -2.21. The van der Waals surface area contributed by atoms with E-state index in [2.05, 4.69) is 10.0 Å². The molecule has 0 aliphatic rings. The molecular weight excluding hydrogens is 444 g/mol. The molecule has 2 rings (SSSR count). The van der Waals surface area contributed by atoms with Crippen LogP contribution in [0.5, 0.6) is 5.75 Å². The monoisotopic (exact) mass is 468 g/mol. The number of nitrogens with one attached hydrogen (secondary N) is 2. The number of methoxy groups -OCH3 is 1. The molecule has 2 N–H and O–H groups in total. The van der Waals surface area contributed by atoms with Gasteiger partial charge < -0.3 is 14.8 Å². The molecule has 0 saturated heterocycles. The van der Waals surface area contributed by atoms with Gasteiger partial charge in [-0.2, -0.15) is 4.72 Å². The van der Waals surface area contributed by atoms with E-state index in [1.165, 1.54) is 19.2 Å². The van der Waals surface area contributed by atoms with Gasteiger partial charge in [-0.15, -0.1) is 0 Å². The highest BCUT2D eigenvalue weighted by Crippen LogP contribution is 2.30. The number of anilines is 1. The van der Waals surface area contributed by atoms with Crippen molar-refractivity contribution < 1.29 is 27.5 Å². The van der Waals surface area contributed by atoms with Crippen LogP contribution < -0.4 is 14.8 Å². The van der Waals surface area contributed by atoms with Crippen molar-refractivity contribution in [2.75, 3.05) is 19.0 Å². The largest absolute Gasteiger partial charge is 0.495 e. The molecule has 1 amide bonds. The van der Waals surface area contributed by atoms with Gasteiger partial charge in [0.25, 0.3) is 5.91 Å². The standard InChI is InChI=1S/C21H25ClN2O6S/c1-13(2)20(24-31(27,28)15-8-6-5-7-9-15)21(26)30-12-19(25)23-17-10-14(3)16(22)11-18(17)29-4/h5-11,13,20,24H,12H2,1-4H3,(H,23,25)/t20-/m0/s1. The van der Waals surface area contributed by atoms with Gasteiger partial charge in [0.2, 0.25) is 10.0 Å². The first-order valence-corrected chi connectivity index (χ1v) is 11.3. The zero-order chi connectivity index (χ0) is 23.2. The van der Waals surface area contributed by atoms with Crippen LogP contribution in [-0.2, 0) is 24.3 Å². The Hall–Kier alpha value is -2.62. The van der Waals surface area contributed by atoms with E-state index >= 15 is 0 Å². The van der Waals surface area contributed by atoms with Gasteiger partial charge in [-0.1, -0.05) is 43.6 Å². The maximum absolute atomic E-state index is 12.5. The van der Waals surface area contributed by atoms with Crippen LogP contribution in [0.4, 0.5) is 5.69 Å². The SMILES string of the molecule is COc1cc(Cl)c(C)cc1NC(=O)COC(=O)[C@@H](NS(=O)(=O)c1ccccc1)C(C)C. The van der Waals surface area contributed by atoms with Gasteiger partial charge in [0.1, 0.15) is 11.8 Å². The number of esters is 1. The second-order valence-corrected chi connectivity index (χ2v) is 9.23. The summed E-state index contributed by atoms with van der Waals surface area (Å²) in [5.74, 6) is -1.52. The van der Waals surface area contributed by atoms with Crippen LogP contribution in [0.15, 0.2) is 47.4 Å². The number of aryl methyl sites for hydroxylation is 1. The molecule has 0 heterocycles. The minimum atomic E-state index is -3.93. The average Bonchev–Trinajstić information content (AvgIpc) is 2.73. The smallest absolute Gasteiger partial charge is 0.324 e. The molecule has 0 bridgehead atoms. The normalized spacial score (nSPS) is 12.3. The van der Waals surface area contributed by atoms with Crippen molar-refractivity contribution in [3.63, 3.8) is 0 Å². The van der Waals surface area contributed by atoms with Crippen LogP contribution in [0.25, 0.3) is 0 Å². The summed E-state index contributed by atoms with van der Waals surface area (Å²) in [6.07, 6.45) is 0. The molecule has 10 heteroatoms. The van der Waals surface area contributed by atoms with Crippen LogP contribution in [0.1, 0.15) is 19.4 Å².